The van der Waals surface area contributed by atoms with Crippen LogP contribution in [0.3, 0.4) is 0 Å². The summed E-state index contributed by atoms with van der Waals surface area (Å²) < 4.78 is 1.30. The summed E-state index contributed by atoms with van der Waals surface area (Å²) in [6.45, 7) is 0. The second-order valence-corrected chi connectivity index (χ2v) is 3.38. The zero-order valence-electron chi connectivity index (χ0n) is 7.60. The van der Waals surface area contributed by atoms with Crippen molar-refractivity contribution in [3.8, 4) is 0 Å². The molecular formula is C5H11N7OS2. The summed E-state index contributed by atoms with van der Waals surface area (Å²) in [5.74, 6) is 5.46. The van der Waals surface area contributed by atoms with E-state index in [1.807, 2.05) is 0 Å². The van der Waals surface area contributed by atoms with Crippen molar-refractivity contribution in [1.82, 2.24) is 20.3 Å². The molecular weight excluding hydrogens is 238 g/mol. The fourth-order valence-electron chi connectivity index (χ4n) is 0.686. The molecule has 1 aromatic heterocycles. The highest BCUT2D eigenvalue weighted by Crippen LogP contribution is 1.95. The molecule has 1 unspecified atom stereocenters. The quantitative estimate of drug-likeness (QED) is 0.164. The third-order valence-electron chi connectivity index (χ3n) is 1.54. The lowest BCUT2D eigenvalue weighted by atomic mass is 10.3. The highest BCUT2D eigenvalue weighted by Gasteiger charge is 2.11. The first kappa shape index (κ1) is 11.8. The van der Waals surface area contributed by atoms with Crippen molar-refractivity contribution >= 4 is 36.7 Å². The SMILES string of the molecule is NC(CS)C(=O)NNc1n[nH]c(=S)n1N. The van der Waals surface area contributed by atoms with Gasteiger partial charge in [0.15, 0.2) is 0 Å². The minimum Gasteiger partial charge on any atom is -0.334 e. The van der Waals surface area contributed by atoms with Crippen molar-refractivity contribution in [1.29, 1.82) is 0 Å². The molecule has 1 amide bonds. The number of nitrogens with one attached hydrogen (secondary N) is 3. The van der Waals surface area contributed by atoms with Gasteiger partial charge < -0.3 is 11.6 Å². The van der Waals surface area contributed by atoms with Crippen LogP contribution in [0.4, 0.5) is 5.95 Å². The predicted molar refractivity (Wildman–Crippen MR) is 61.2 cm³/mol. The highest BCUT2D eigenvalue weighted by atomic mass is 32.1. The number of anilines is 1. The number of aromatic nitrogens is 3. The fourth-order valence-corrected chi connectivity index (χ4v) is 0.984. The summed E-state index contributed by atoms with van der Waals surface area (Å²) in [6.07, 6.45) is 0. The van der Waals surface area contributed by atoms with Gasteiger partial charge in [0.25, 0.3) is 11.9 Å². The number of hydrogen-bond acceptors (Lipinski definition) is 7. The average Bonchev–Trinajstić information content (AvgIpc) is 2.55. The Hall–Kier alpha value is -1.26. The molecule has 0 aliphatic carbocycles. The molecule has 0 saturated heterocycles. The number of aromatic amines is 1. The number of carbonyl (C=O) groups is 1. The van der Waals surface area contributed by atoms with Gasteiger partial charge in [-0.25, -0.2) is 5.10 Å². The number of hydrogen-bond donors (Lipinski definition) is 6. The van der Waals surface area contributed by atoms with Gasteiger partial charge in [0, 0.05) is 5.75 Å². The molecule has 15 heavy (non-hydrogen) atoms. The molecule has 7 N–H and O–H groups in total. The van der Waals surface area contributed by atoms with Crippen LogP contribution in [0.5, 0.6) is 0 Å². The van der Waals surface area contributed by atoms with E-state index >= 15 is 0 Å². The third kappa shape index (κ3) is 2.84. The van der Waals surface area contributed by atoms with Crippen LogP contribution in [0.25, 0.3) is 0 Å². The molecule has 1 heterocycles. The molecule has 10 heteroatoms. The van der Waals surface area contributed by atoms with E-state index in [1.54, 1.807) is 0 Å². The van der Waals surface area contributed by atoms with Gasteiger partial charge in [-0.05, 0) is 12.2 Å². The Balaban J connectivity index is 2.54. The third-order valence-corrected chi connectivity index (χ3v) is 2.22. The second kappa shape index (κ2) is 5.00. The molecule has 1 atom stereocenters. The van der Waals surface area contributed by atoms with Gasteiger partial charge in [-0.1, -0.05) is 0 Å². The summed E-state index contributed by atoms with van der Waals surface area (Å²) in [6, 6.07) is -0.700. The molecule has 0 bridgehead atoms. The van der Waals surface area contributed by atoms with Crippen LogP contribution in [0.2, 0.25) is 0 Å². The smallest absolute Gasteiger partial charge is 0.260 e. The average molecular weight is 249 g/mol. The Bertz CT molecular complexity index is 398. The number of carbonyl (C=O) groups excluding carboxylic acids is 1. The topological polar surface area (TPSA) is 127 Å². The van der Waals surface area contributed by atoms with Gasteiger partial charge in [-0.3, -0.25) is 15.6 Å². The van der Waals surface area contributed by atoms with E-state index in [2.05, 4.69) is 33.7 Å². The Kier molecular flexibility index (Phi) is 3.94. The molecule has 0 aromatic carbocycles. The lowest BCUT2D eigenvalue weighted by Gasteiger charge is -2.10. The van der Waals surface area contributed by atoms with E-state index in [0.29, 0.717) is 0 Å². The summed E-state index contributed by atoms with van der Waals surface area (Å²) in [5, 5.41) is 6.14. The number of rotatable bonds is 4. The van der Waals surface area contributed by atoms with E-state index in [4.69, 9.17) is 23.8 Å². The van der Waals surface area contributed by atoms with E-state index in [-0.39, 0.29) is 16.5 Å². The van der Waals surface area contributed by atoms with Crippen LogP contribution in [0.15, 0.2) is 0 Å². The number of nitrogens with zero attached hydrogens (tertiary/aromatic N) is 2. The molecule has 0 fully saturated rings. The Labute approximate surface area is 95.7 Å². The van der Waals surface area contributed by atoms with Gasteiger partial charge in [0.2, 0.25) is 4.77 Å². The molecule has 0 spiro atoms. The molecule has 8 nitrogen and oxygen atoms in total. The summed E-state index contributed by atoms with van der Waals surface area (Å²) >= 11 is 8.64. The van der Waals surface area contributed by atoms with Crippen molar-refractivity contribution in [2.24, 2.45) is 5.73 Å². The van der Waals surface area contributed by atoms with Gasteiger partial charge in [-0.2, -0.15) is 17.3 Å². The Morgan fingerprint density at radius 3 is 2.93 bits per heavy atom. The Morgan fingerprint density at radius 2 is 2.47 bits per heavy atom. The summed E-state index contributed by atoms with van der Waals surface area (Å²) in [4.78, 5) is 11.2. The minimum atomic E-state index is -0.700. The molecule has 1 aromatic rings. The zero-order valence-corrected chi connectivity index (χ0v) is 9.31. The molecule has 0 radical (unpaired) electrons. The highest BCUT2D eigenvalue weighted by molar-refractivity contribution is 7.80. The second-order valence-electron chi connectivity index (χ2n) is 2.63. The van der Waals surface area contributed by atoms with Crippen molar-refractivity contribution in [3.05, 3.63) is 4.77 Å². The van der Waals surface area contributed by atoms with Crippen LogP contribution < -0.4 is 22.4 Å². The number of nitrogens with two attached hydrogens (primary N) is 2. The van der Waals surface area contributed by atoms with Crippen molar-refractivity contribution in [3.63, 3.8) is 0 Å². The van der Waals surface area contributed by atoms with Gasteiger partial charge in [0.05, 0.1) is 6.04 Å². The van der Waals surface area contributed by atoms with Crippen LogP contribution in [-0.2, 0) is 4.79 Å². The minimum absolute atomic E-state index is 0.180. The van der Waals surface area contributed by atoms with Crippen molar-refractivity contribution in [2.75, 3.05) is 17.0 Å². The van der Waals surface area contributed by atoms with Crippen LogP contribution in [-0.4, -0.2) is 32.6 Å². The van der Waals surface area contributed by atoms with Crippen LogP contribution in [0.1, 0.15) is 0 Å². The van der Waals surface area contributed by atoms with Gasteiger partial charge in [-0.15, -0.1) is 5.10 Å². The number of nitrogen functional groups attached to an aromatic ring is 1. The first-order valence-corrected chi connectivity index (χ1v) is 4.95. The largest absolute Gasteiger partial charge is 0.334 e. The first-order chi connectivity index (χ1) is 7.06. The van der Waals surface area contributed by atoms with Crippen LogP contribution in [0, 0.1) is 4.77 Å². The van der Waals surface area contributed by atoms with Crippen molar-refractivity contribution < 1.29 is 4.79 Å². The van der Waals surface area contributed by atoms with E-state index in [0.717, 1.165) is 4.68 Å². The normalized spacial score (nSPS) is 12.1. The number of amides is 1. The number of hydrazine groups is 1. The van der Waals surface area contributed by atoms with E-state index in [9.17, 15) is 4.79 Å². The summed E-state index contributed by atoms with van der Waals surface area (Å²) in [5.41, 5.74) is 10.2. The number of thiol groups is 1. The number of H-pyrrole nitrogens is 1. The maximum atomic E-state index is 11.2. The molecule has 84 valence electrons. The van der Waals surface area contributed by atoms with Crippen molar-refractivity contribution in [2.45, 2.75) is 6.04 Å². The van der Waals surface area contributed by atoms with Gasteiger partial charge >= 0.3 is 0 Å². The maximum absolute atomic E-state index is 11.2. The molecule has 0 aliphatic rings. The predicted octanol–water partition coefficient (Wildman–Crippen LogP) is -1.65. The van der Waals surface area contributed by atoms with E-state index < -0.39 is 11.9 Å². The Morgan fingerprint density at radius 1 is 1.80 bits per heavy atom. The zero-order chi connectivity index (χ0) is 11.4. The maximum Gasteiger partial charge on any atom is 0.260 e. The molecule has 1 rings (SSSR count). The lowest BCUT2D eigenvalue weighted by Crippen LogP contribution is -2.44. The molecule has 0 aliphatic heterocycles. The molecule has 0 saturated carbocycles. The van der Waals surface area contributed by atoms with Gasteiger partial charge in [0.1, 0.15) is 0 Å². The fraction of sp³-hybridized carbons (Fsp3) is 0.400. The standard InChI is InChI=1S/C5H11N7OS2/c6-2(1-14)3(13)8-9-4-10-11-5(15)12(4)7/h2,14H,1,6-7H2,(H,8,13)(H,9,10)(H,11,15). The monoisotopic (exact) mass is 249 g/mol. The van der Waals surface area contributed by atoms with E-state index in [1.165, 1.54) is 0 Å². The summed E-state index contributed by atoms with van der Waals surface area (Å²) in [7, 11) is 0. The lowest BCUT2D eigenvalue weighted by molar-refractivity contribution is -0.121. The first-order valence-electron chi connectivity index (χ1n) is 3.91. The van der Waals surface area contributed by atoms with Crippen LogP contribution >= 0.6 is 24.8 Å².